The third-order valence-electron chi connectivity index (χ3n) is 8.80. The van der Waals surface area contributed by atoms with Crippen molar-refractivity contribution >= 4 is 30.0 Å². The number of likely N-dealkylation sites (tertiary alicyclic amines) is 1. The average molecular weight is 518 g/mol. The minimum atomic E-state index is -0.592. The maximum atomic E-state index is 13.5. The van der Waals surface area contributed by atoms with Gasteiger partial charge in [0.2, 0.25) is 12.3 Å². The highest BCUT2D eigenvalue weighted by Gasteiger charge is 2.46. The van der Waals surface area contributed by atoms with Crippen LogP contribution in [-0.2, 0) is 20.7 Å². The van der Waals surface area contributed by atoms with Crippen LogP contribution in [0.15, 0.2) is 24.3 Å². The van der Waals surface area contributed by atoms with Crippen LogP contribution in [0.1, 0.15) is 70.8 Å². The third kappa shape index (κ3) is 5.99. The zero-order valence-corrected chi connectivity index (χ0v) is 22.4. The lowest BCUT2D eigenvalue weighted by molar-refractivity contribution is -0.138. The second kappa shape index (κ2) is 11.4. The van der Waals surface area contributed by atoms with Gasteiger partial charge in [0, 0.05) is 31.1 Å². The molecule has 1 aromatic carbocycles. The van der Waals surface area contributed by atoms with Crippen LogP contribution in [0.4, 0.5) is 4.79 Å². The van der Waals surface area contributed by atoms with Crippen molar-refractivity contribution in [2.24, 2.45) is 11.3 Å². The Balaban J connectivity index is 1.43. The molecule has 0 bridgehead atoms. The molecule has 1 unspecified atom stereocenters. The van der Waals surface area contributed by atoms with Gasteiger partial charge in [-0.2, -0.15) is 0 Å². The molecule has 198 valence electrons. The van der Waals surface area contributed by atoms with Gasteiger partial charge in [-0.05, 0) is 75.0 Å². The fourth-order valence-corrected chi connectivity index (χ4v) is 6.62. The number of piperidine rings is 1. The number of nitrogens with one attached hydrogen (secondary N) is 1. The molecule has 1 aromatic rings. The van der Waals surface area contributed by atoms with Gasteiger partial charge in [-0.3, -0.25) is 14.5 Å². The molecule has 0 aromatic heterocycles. The fourth-order valence-electron chi connectivity index (χ4n) is 6.50. The van der Waals surface area contributed by atoms with Crippen molar-refractivity contribution in [2.75, 3.05) is 26.2 Å². The maximum absolute atomic E-state index is 13.5. The Kier molecular flexibility index (Phi) is 8.48. The van der Waals surface area contributed by atoms with E-state index < -0.39 is 6.04 Å². The molecular weight excluding hydrogens is 478 g/mol. The summed E-state index contributed by atoms with van der Waals surface area (Å²) in [5.74, 6) is 0.599. The van der Waals surface area contributed by atoms with E-state index in [1.54, 1.807) is 12.1 Å². The summed E-state index contributed by atoms with van der Waals surface area (Å²) in [6, 6.07) is 6.80. The summed E-state index contributed by atoms with van der Waals surface area (Å²) in [5, 5.41) is 3.38. The summed E-state index contributed by atoms with van der Waals surface area (Å²) in [6.45, 7) is 6.62. The molecule has 8 heteroatoms. The Morgan fingerprint density at radius 1 is 1.17 bits per heavy atom. The molecule has 1 N–H and O–H groups in total. The zero-order valence-electron chi connectivity index (χ0n) is 21.6. The monoisotopic (exact) mass is 517 g/mol. The lowest BCUT2D eigenvalue weighted by atomic mass is 9.62. The number of ether oxygens (including phenoxy) is 1. The number of cyclic esters (lactones) is 1. The number of carbonyl (C=O) groups is 3. The van der Waals surface area contributed by atoms with Crippen LogP contribution >= 0.6 is 11.6 Å². The quantitative estimate of drug-likeness (QED) is 0.477. The van der Waals surface area contributed by atoms with E-state index in [4.69, 9.17) is 16.3 Å². The van der Waals surface area contributed by atoms with Crippen LogP contribution in [0.25, 0.3) is 0 Å². The first-order valence-corrected chi connectivity index (χ1v) is 13.8. The Bertz CT molecular complexity index is 921. The Morgan fingerprint density at radius 2 is 1.83 bits per heavy atom. The van der Waals surface area contributed by atoms with Crippen LogP contribution in [0.5, 0.6) is 0 Å². The van der Waals surface area contributed by atoms with E-state index in [2.05, 4.69) is 19.2 Å². The minimum Gasteiger partial charge on any atom is -0.447 e. The SMILES string of the molecule is CC1(C)COC(=O)N1CCC1(C2CCCCC2)CCN(C(=O)C(Cc2ccc(Cl)cc2)NC=O)CC1. The number of hydrogen-bond donors (Lipinski definition) is 1. The highest BCUT2D eigenvalue weighted by molar-refractivity contribution is 6.30. The first-order chi connectivity index (χ1) is 17.2. The van der Waals surface area contributed by atoms with Crippen molar-refractivity contribution in [3.8, 4) is 0 Å². The summed E-state index contributed by atoms with van der Waals surface area (Å²) in [7, 11) is 0. The Hall–Kier alpha value is -2.28. The molecule has 3 amide bonds. The van der Waals surface area contributed by atoms with Crippen LogP contribution in [0.3, 0.4) is 0 Å². The molecular formula is C28H40ClN3O4. The molecule has 4 rings (SSSR count). The molecule has 0 radical (unpaired) electrons. The average Bonchev–Trinajstić information content (AvgIpc) is 3.15. The Labute approximate surface area is 219 Å². The lowest BCUT2D eigenvalue weighted by Crippen LogP contribution is -2.53. The Morgan fingerprint density at radius 3 is 2.42 bits per heavy atom. The van der Waals surface area contributed by atoms with Gasteiger partial charge in [-0.15, -0.1) is 0 Å². The van der Waals surface area contributed by atoms with Crippen LogP contribution in [0, 0.1) is 11.3 Å². The summed E-state index contributed by atoms with van der Waals surface area (Å²) >= 11 is 6.00. The van der Waals surface area contributed by atoms with Gasteiger partial charge < -0.3 is 15.0 Å². The van der Waals surface area contributed by atoms with Gasteiger partial charge in [-0.25, -0.2) is 4.79 Å². The van der Waals surface area contributed by atoms with Crippen molar-refractivity contribution in [3.05, 3.63) is 34.9 Å². The van der Waals surface area contributed by atoms with Crippen molar-refractivity contribution in [1.82, 2.24) is 15.1 Å². The molecule has 2 saturated heterocycles. The lowest BCUT2D eigenvalue weighted by Gasteiger charge is -2.49. The number of halogens is 1. The summed E-state index contributed by atoms with van der Waals surface area (Å²) in [5.41, 5.74) is 0.803. The van der Waals surface area contributed by atoms with Gasteiger partial charge in [0.15, 0.2) is 0 Å². The molecule has 1 saturated carbocycles. The highest BCUT2D eigenvalue weighted by Crippen LogP contribution is 2.48. The van der Waals surface area contributed by atoms with Crippen molar-refractivity contribution < 1.29 is 19.1 Å². The van der Waals surface area contributed by atoms with E-state index in [0.717, 1.165) is 24.8 Å². The molecule has 2 heterocycles. The second-order valence-corrected chi connectivity index (χ2v) is 11.9. The van der Waals surface area contributed by atoms with E-state index in [-0.39, 0.29) is 23.0 Å². The first-order valence-electron chi connectivity index (χ1n) is 13.4. The standard InChI is InChI=1S/C28H40ClN3O4/c1-27(2)19-36-26(35)32(27)17-14-28(22-6-4-3-5-7-22)12-15-31(16-13-28)25(34)24(30-20-33)18-21-8-10-23(29)11-9-21/h8-11,20,22,24H,3-7,12-19H2,1-2H3,(H,30,33). The van der Waals surface area contributed by atoms with Crippen molar-refractivity contribution in [3.63, 3.8) is 0 Å². The fraction of sp³-hybridized carbons (Fsp3) is 0.679. The van der Waals surface area contributed by atoms with Gasteiger partial charge in [0.05, 0.1) is 5.54 Å². The summed E-state index contributed by atoms with van der Waals surface area (Å²) < 4.78 is 5.34. The number of rotatable bonds is 9. The summed E-state index contributed by atoms with van der Waals surface area (Å²) in [4.78, 5) is 41.0. The van der Waals surface area contributed by atoms with E-state index >= 15 is 0 Å². The largest absolute Gasteiger partial charge is 0.447 e. The first kappa shape index (κ1) is 26.8. The number of amides is 3. The number of carbonyl (C=O) groups excluding carboxylic acids is 3. The van der Waals surface area contributed by atoms with E-state index in [9.17, 15) is 14.4 Å². The smallest absolute Gasteiger partial charge is 0.410 e. The van der Waals surface area contributed by atoms with Crippen molar-refractivity contribution in [2.45, 2.75) is 83.2 Å². The molecule has 7 nitrogen and oxygen atoms in total. The van der Waals surface area contributed by atoms with Crippen molar-refractivity contribution in [1.29, 1.82) is 0 Å². The number of nitrogens with zero attached hydrogens (tertiary/aromatic N) is 2. The number of hydrogen-bond acceptors (Lipinski definition) is 4. The molecule has 0 spiro atoms. The van der Waals surface area contributed by atoms with Crippen LogP contribution in [-0.4, -0.2) is 66.0 Å². The molecule has 3 aliphatic rings. The molecule has 1 atom stereocenters. The van der Waals surface area contributed by atoms with E-state index in [0.29, 0.717) is 50.0 Å². The van der Waals surface area contributed by atoms with E-state index in [1.165, 1.54) is 32.1 Å². The predicted molar refractivity (Wildman–Crippen MR) is 140 cm³/mol. The minimum absolute atomic E-state index is 0.0291. The highest BCUT2D eigenvalue weighted by atomic mass is 35.5. The van der Waals surface area contributed by atoms with Gasteiger partial charge in [0.25, 0.3) is 0 Å². The maximum Gasteiger partial charge on any atom is 0.410 e. The van der Waals surface area contributed by atoms with E-state index in [1.807, 2.05) is 21.9 Å². The van der Waals surface area contributed by atoms with Gasteiger partial charge in [-0.1, -0.05) is 43.0 Å². The molecule has 2 aliphatic heterocycles. The molecule has 1 aliphatic carbocycles. The normalized spacial score (nSPS) is 22.7. The van der Waals surface area contributed by atoms with Gasteiger partial charge in [0.1, 0.15) is 12.6 Å². The number of benzene rings is 1. The van der Waals surface area contributed by atoms with Crippen LogP contribution < -0.4 is 5.32 Å². The third-order valence-corrected chi connectivity index (χ3v) is 9.05. The molecule has 3 fully saturated rings. The predicted octanol–water partition coefficient (Wildman–Crippen LogP) is 4.81. The topological polar surface area (TPSA) is 79.0 Å². The summed E-state index contributed by atoms with van der Waals surface area (Å²) in [6.07, 6.45) is 9.93. The van der Waals surface area contributed by atoms with Gasteiger partial charge >= 0.3 is 6.09 Å². The second-order valence-electron chi connectivity index (χ2n) is 11.5. The molecule has 36 heavy (non-hydrogen) atoms. The van der Waals surface area contributed by atoms with Crippen LogP contribution in [0.2, 0.25) is 5.02 Å². The zero-order chi connectivity index (χ0) is 25.8.